The fraction of sp³-hybridized carbons (Fsp3) is 0.395. The van der Waals surface area contributed by atoms with Crippen LogP contribution in [0.25, 0.3) is 22.0 Å². The second-order valence-electron chi connectivity index (χ2n) is 13.8. The summed E-state index contributed by atoms with van der Waals surface area (Å²) in [4.78, 5) is 54.5. The summed E-state index contributed by atoms with van der Waals surface area (Å²) in [6, 6.07) is 18.0. The van der Waals surface area contributed by atoms with Gasteiger partial charge in [0.15, 0.2) is 0 Å². The van der Waals surface area contributed by atoms with Crippen molar-refractivity contribution in [3.05, 3.63) is 83.6 Å². The van der Waals surface area contributed by atoms with Crippen LogP contribution in [-0.2, 0) is 20.8 Å². The number of nitrogens with two attached hydrogens (primary N) is 1. The molecule has 1 aromatic heterocycles. The zero-order chi connectivity index (χ0) is 34.1. The van der Waals surface area contributed by atoms with Gasteiger partial charge in [0.25, 0.3) is 5.91 Å². The van der Waals surface area contributed by atoms with Gasteiger partial charge in [-0.25, -0.2) is 0 Å². The van der Waals surface area contributed by atoms with E-state index >= 15 is 0 Å². The molecule has 3 aromatic carbocycles. The number of aromatic nitrogens is 2. The Morgan fingerprint density at radius 1 is 1.00 bits per heavy atom. The number of anilines is 1. The molecule has 3 aliphatic rings. The van der Waals surface area contributed by atoms with Crippen molar-refractivity contribution in [2.75, 3.05) is 25.0 Å². The van der Waals surface area contributed by atoms with E-state index in [9.17, 15) is 19.2 Å². The zero-order valence-electron chi connectivity index (χ0n) is 28.1. The van der Waals surface area contributed by atoms with E-state index in [1.165, 1.54) is 0 Å². The van der Waals surface area contributed by atoms with Crippen LogP contribution in [0.4, 0.5) is 5.69 Å². The van der Waals surface area contributed by atoms with Gasteiger partial charge in [-0.3, -0.25) is 24.3 Å². The Kier molecular flexibility index (Phi) is 10.5. The van der Waals surface area contributed by atoms with Crippen LogP contribution in [-0.4, -0.2) is 70.4 Å². The molecular formula is C38H44ClN7O4. The normalized spacial score (nSPS) is 22.0. The molecule has 0 radical (unpaired) electrons. The molecule has 4 amide bonds. The average Bonchev–Trinajstić information content (AvgIpc) is 3.86. The first-order valence-electron chi connectivity index (χ1n) is 17.3. The maximum absolute atomic E-state index is 13.7. The van der Waals surface area contributed by atoms with Crippen molar-refractivity contribution in [2.24, 2.45) is 23.5 Å². The number of H-pyrrole nitrogens is 1. The molecule has 2 aliphatic heterocycles. The van der Waals surface area contributed by atoms with Crippen LogP contribution in [0.2, 0.25) is 0 Å². The van der Waals surface area contributed by atoms with Crippen LogP contribution in [0.5, 0.6) is 0 Å². The minimum absolute atomic E-state index is 0. The number of fused-ring (bicyclic) bond motifs is 2. The van der Waals surface area contributed by atoms with E-state index in [1.807, 2.05) is 67.6 Å². The second-order valence-corrected chi connectivity index (χ2v) is 13.8. The Hall–Kier alpha value is -4.74. The number of aromatic amines is 1. The number of hydrogen-bond acceptors (Lipinski definition) is 6. The van der Waals surface area contributed by atoms with Crippen molar-refractivity contribution in [1.82, 2.24) is 25.7 Å². The summed E-state index contributed by atoms with van der Waals surface area (Å²) in [7, 11) is 0. The summed E-state index contributed by atoms with van der Waals surface area (Å²) in [6.45, 7) is 3.85. The van der Waals surface area contributed by atoms with Crippen LogP contribution in [0, 0.1) is 24.7 Å². The third-order valence-corrected chi connectivity index (χ3v) is 10.7. The minimum atomic E-state index is -0.776. The van der Waals surface area contributed by atoms with Gasteiger partial charge in [-0.15, -0.1) is 12.4 Å². The molecule has 1 saturated carbocycles. The standard InChI is InChI=1S/C38H43N7O4.ClH/c1-22-16-27(38(49)45-15-14-29-20-40-37(48)34(29)45)11-13-31(22)25-6-2-23(3-7-25)17-33(43-35(46)26-8-4-24(19-39)5-9-26)36(47)42-30-12-10-28-21-41-44-32(28)18-30;/h2-3,6-7,10-13,16,18,21,24,26,29,33-34H,4-5,8-9,14-15,17,19-20,39H2,1H3,(H,40,48)(H,41,44)(H,42,47)(H,43,46);1H/t24?,26?,29-,33+,34+;/m1./s1. The second kappa shape index (κ2) is 15.0. The lowest BCUT2D eigenvalue weighted by atomic mass is 9.81. The van der Waals surface area contributed by atoms with Crippen LogP contribution >= 0.6 is 12.4 Å². The summed E-state index contributed by atoms with van der Waals surface area (Å²) in [6.07, 6.45) is 6.25. The molecule has 1 aliphatic carbocycles. The predicted molar refractivity (Wildman–Crippen MR) is 195 cm³/mol. The van der Waals surface area contributed by atoms with Gasteiger partial charge in [-0.2, -0.15) is 5.10 Å². The van der Waals surface area contributed by atoms with Gasteiger partial charge in [0.05, 0.1) is 11.7 Å². The fourth-order valence-electron chi connectivity index (χ4n) is 7.74. The maximum atomic E-state index is 13.7. The average molecular weight is 698 g/mol. The van der Waals surface area contributed by atoms with Crippen molar-refractivity contribution in [3.8, 4) is 11.1 Å². The summed E-state index contributed by atoms with van der Waals surface area (Å²) in [5, 5.41) is 16.9. The van der Waals surface area contributed by atoms with Crippen molar-refractivity contribution < 1.29 is 19.2 Å². The van der Waals surface area contributed by atoms with Crippen LogP contribution in [0.3, 0.4) is 0 Å². The summed E-state index contributed by atoms with van der Waals surface area (Å²) < 4.78 is 0. The molecule has 2 saturated heterocycles. The molecule has 262 valence electrons. The number of hydrogen-bond donors (Lipinski definition) is 5. The zero-order valence-corrected chi connectivity index (χ0v) is 28.9. The molecule has 11 nitrogen and oxygen atoms in total. The van der Waals surface area contributed by atoms with Crippen LogP contribution in [0.1, 0.15) is 53.6 Å². The number of carbonyl (C=O) groups is 4. The molecule has 7 rings (SSSR count). The largest absolute Gasteiger partial charge is 0.354 e. The highest BCUT2D eigenvalue weighted by atomic mass is 35.5. The van der Waals surface area contributed by atoms with E-state index in [2.05, 4.69) is 26.1 Å². The van der Waals surface area contributed by atoms with E-state index in [4.69, 9.17) is 5.73 Å². The Labute approximate surface area is 297 Å². The number of nitrogens with one attached hydrogen (secondary N) is 4. The number of aryl methyl sites for hydroxylation is 1. The van der Waals surface area contributed by atoms with E-state index in [0.29, 0.717) is 43.2 Å². The summed E-state index contributed by atoms with van der Waals surface area (Å²) >= 11 is 0. The van der Waals surface area contributed by atoms with Crippen LogP contribution < -0.4 is 21.7 Å². The first kappa shape index (κ1) is 35.1. The predicted octanol–water partition coefficient (Wildman–Crippen LogP) is 4.35. The van der Waals surface area contributed by atoms with Gasteiger partial charge in [-0.1, -0.05) is 30.3 Å². The van der Waals surface area contributed by atoms with Gasteiger partial charge in [-0.05, 0) is 104 Å². The highest BCUT2D eigenvalue weighted by Crippen LogP contribution is 2.32. The van der Waals surface area contributed by atoms with Crippen LogP contribution in [0.15, 0.2) is 66.9 Å². The quantitative estimate of drug-likeness (QED) is 0.175. The molecule has 6 N–H and O–H groups in total. The third kappa shape index (κ3) is 7.25. The highest BCUT2D eigenvalue weighted by molar-refractivity contribution is 6.00. The lowest BCUT2D eigenvalue weighted by Crippen LogP contribution is -2.48. The first-order chi connectivity index (χ1) is 23.8. The van der Waals surface area contributed by atoms with E-state index in [-0.39, 0.29) is 53.9 Å². The minimum Gasteiger partial charge on any atom is -0.354 e. The van der Waals surface area contributed by atoms with Crippen molar-refractivity contribution in [2.45, 2.75) is 57.5 Å². The lowest BCUT2D eigenvalue weighted by Gasteiger charge is -2.28. The molecule has 12 heteroatoms. The van der Waals surface area contributed by atoms with Gasteiger partial charge >= 0.3 is 0 Å². The monoisotopic (exact) mass is 697 g/mol. The van der Waals surface area contributed by atoms with Gasteiger partial charge in [0.1, 0.15) is 12.1 Å². The molecule has 0 unspecified atom stereocenters. The van der Waals surface area contributed by atoms with E-state index in [0.717, 1.165) is 65.3 Å². The van der Waals surface area contributed by atoms with Gasteiger partial charge < -0.3 is 26.6 Å². The topological polar surface area (TPSA) is 162 Å². The summed E-state index contributed by atoms with van der Waals surface area (Å²) in [5.74, 6) is -0.0556. The highest BCUT2D eigenvalue weighted by Gasteiger charge is 2.45. The molecule has 4 aromatic rings. The SMILES string of the molecule is Cc1cc(C(=O)N2CC[C@@H]3CNC(=O)[C@H]32)ccc1-c1ccc(C[C@H](NC(=O)C2CCC(CN)CC2)C(=O)Nc2ccc3cn[nH]c3c2)cc1.Cl. The number of benzene rings is 3. The number of carbonyl (C=O) groups excluding carboxylic acids is 4. The Bertz CT molecular complexity index is 1890. The Balaban J connectivity index is 0.00000432. The fourth-order valence-corrected chi connectivity index (χ4v) is 7.74. The molecule has 0 spiro atoms. The third-order valence-electron chi connectivity index (χ3n) is 10.7. The Morgan fingerprint density at radius 2 is 1.78 bits per heavy atom. The molecule has 3 atom stereocenters. The van der Waals surface area contributed by atoms with E-state index in [1.54, 1.807) is 11.1 Å². The maximum Gasteiger partial charge on any atom is 0.254 e. The molecular weight excluding hydrogens is 654 g/mol. The number of likely N-dealkylation sites (tertiary alicyclic amines) is 1. The van der Waals surface area contributed by atoms with Crippen molar-refractivity contribution >= 4 is 52.6 Å². The molecule has 3 fully saturated rings. The lowest BCUT2D eigenvalue weighted by molar-refractivity contribution is -0.130. The smallest absolute Gasteiger partial charge is 0.254 e. The van der Waals surface area contributed by atoms with Gasteiger partial charge in [0.2, 0.25) is 17.7 Å². The summed E-state index contributed by atoms with van der Waals surface area (Å²) in [5.41, 5.74) is 11.7. The number of halogens is 1. The number of nitrogens with zero attached hydrogens (tertiary/aromatic N) is 2. The van der Waals surface area contributed by atoms with Crippen molar-refractivity contribution in [3.63, 3.8) is 0 Å². The van der Waals surface area contributed by atoms with E-state index < -0.39 is 6.04 Å². The Morgan fingerprint density at radius 3 is 2.52 bits per heavy atom. The molecule has 3 heterocycles. The molecule has 50 heavy (non-hydrogen) atoms. The molecule has 0 bridgehead atoms. The van der Waals surface area contributed by atoms with Crippen molar-refractivity contribution in [1.29, 1.82) is 0 Å². The van der Waals surface area contributed by atoms with Gasteiger partial charge in [0, 0.05) is 48.0 Å². The first-order valence-corrected chi connectivity index (χ1v) is 17.3. The number of rotatable bonds is 9. The number of amides is 4.